The van der Waals surface area contributed by atoms with E-state index in [0.717, 1.165) is 25.0 Å². The van der Waals surface area contributed by atoms with E-state index < -0.39 is 85.0 Å². The molecular weight excluding hydrogens is 737 g/mol. The quantitative estimate of drug-likeness (QED) is 0.369. The first-order valence-electron chi connectivity index (χ1n) is 19.1. The van der Waals surface area contributed by atoms with E-state index in [2.05, 4.69) is 20.3 Å². The van der Waals surface area contributed by atoms with Gasteiger partial charge in [0.2, 0.25) is 21.8 Å². The standard InChI is InChI=1S/C39H49F2N5O8S/c1-22-31-24(25-17-26(40)27(41)18-29(25)42-22)13-14-38(53-31)20-30-32(47)44-39(34(49)45-55(51,52)37(5)15-16-37)19-23(39)11-9-7-6-8-10-12-28(33(48)46(30)21-38)43-35(50)54-36(2,3)4/h9,11,17-18,23,28,30H,6-8,10,12-16,19-21H2,1-5H3,(H,43,50)(H,44,47)(H,45,49)/b11-9-/t23?,28-,30-,38+,39+/m0/s1. The zero-order valence-corrected chi connectivity index (χ0v) is 32.7. The highest BCUT2D eigenvalue weighted by atomic mass is 32.2. The van der Waals surface area contributed by atoms with Gasteiger partial charge < -0.3 is 25.0 Å². The molecule has 1 saturated heterocycles. The number of aryl methyl sites for hydroxylation is 2. The second-order valence-corrected chi connectivity index (χ2v) is 19.4. The van der Waals surface area contributed by atoms with Crippen LogP contribution in [-0.4, -0.2) is 82.2 Å². The third-order valence-corrected chi connectivity index (χ3v) is 13.9. The van der Waals surface area contributed by atoms with Crippen LogP contribution in [0.3, 0.4) is 0 Å². The van der Waals surface area contributed by atoms with Crippen LogP contribution in [0.2, 0.25) is 0 Å². The van der Waals surface area contributed by atoms with E-state index >= 15 is 0 Å². The third kappa shape index (κ3) is 7.50. The van der Waals surface area contributed by atoms with Crippen LogP contribution in [0.4, 0.5) is 13.6 Å². The van der Waals surface area contributed by atoms with Gasteiger partial charge in [0.1, 0.15) is 34.6 Å². The molecule has 5 aliphatic rings. The topological polar surface area (TPSA) is 173 Å². The van der Waals surface area contributed by atoms with Gasteiger partial charge in [-0.1, -0.05) is 25.0 Å². The molecule has 2 aliphatic carbocycles. The van der Waals surface area contributed by atoms with Crippen molar-refractivity contribution in [2.24, 2.45) is 5.92 Å². The summed E-state index contributed by atoms with van der Waals surface area (Å²) in [5, 5.41) is 6.01. The average molecular weight is 786 g/mol. The smallest absolute Gasteiger partial charge is 0.408 e. The van der Waals surface area contributed by atoms with Crippen molar-refractivity contribution in [1.82, 2.24) is 25.2 Å². The van der Waals surface area contributed by atoms with Crippen molar-refractivity contribution in [1.29, 1.82) is 0 Å². The highest BCUT2D eigenvalue weighted by molar-refractivity contribution is 7.91. The molecule has 1 aromatic heterocycles. The number of carbonyl (C=O) groups is 4. The minimum absolute atomic E-state index is 0.00694. The zero-order chi connectivity index (χ0) is 39.7. The number of hydrogen-bond donors (Lipinski definition) is 3. The number of hydrogen-bond acceptors (Lipinski definition) is 9. The lowest BCUT2D eigenvalue weighted by Gasteiger charge is -2.36. The molecule has 1 unspecified atom stereocenters. The minimum atomic E-state index is -4.03. The van der Waals surface area contributed by atoms with Gasteiger partial charge in [-0.05, 0) is 92.1 Å². The maximum atomic E-state index is 14.7. The Labute approximate surface area is 319 Å². The lowest BCUT2D eigenvalue weighted by atomic mass is 9.87. The van der Waals surface area contributed by atoms with E-state index in [-0.39, 0.29) is 31.3 Å². The van der Waals surface area contributed by atoms with Gasteiger partial charge in [-0.25, -0.2) is 27.0 Å². The van der Waals surface area contributed by atoms with Crippen molar-refractivity contribution in [2.75, 3.05) is 6.54 Å². The maximum absolute atomic E-state index is 14.7. The van der Waals surface area contributed by atoms with E-state index in [0.29, 0.717) is 60.9 Å². The Hall–Kier alpha value is -4.34. The molecule has 5 atom stereocenters. The van der Waals surface area contributed by atoms with Crippen LogP contribution in [0, 0.1) is 24.5 Å². The molecule has 4 amide bonds. The Morgan fingerprint density at radius 3 is 2.51 bits per heavy atom. The average Bonchev–Trinajstić information content (AvgIpc) is 3.98. The third-order valence-electron chi connectivity index (χ3n) is 11.7. The summed E-state index contributed by atoms with van der Waals surface area (Å²) in [5.41, 5.74) is -2.21. The van der Waals surface area contributed by atoms with Crippen LogP contribution < -0.4 is 20.1 Å². The van der Waals surface area contributed by atoms with Crippen LogP contribution in [0.15, 0.2) is 24.3 Å². The second-order valence-electron chi connectivity index (χ2n) is 17.2. The SMILES string of the molecule is Cc1nc2cc(F)c(F)cc2c2c1O[C@]1(CC2)C[C@H]2C(=O)N[C@]3(C(=O)NS(=O)(=O)C4(C)CC4)CC3/C=C\CCCCC[C@H](NC(=O)OC(C)(C)C)C(=O)N2C1. The summed E-state index contributed by atoms with van der Waals surface area (Å²) in [6, 6.07) is -0.112. The molecule has 1 aromatic carbocycles. The molecule has 4 heterocycles. The van der Waals surface area contributed by atoms with E-state index in [1.165, 1.54) is 4.90 Å². The van der Waals surface area contributed by atoms with Gasteiger partial charge in [0, 0.05) is 29.4 Å². The number of aromatic nitrogens is 1. The minimum Gasteiger partial charge on any atom is -0.483 e. The molecular formula is C39H49F2N5O8S. The molecule has 13 nitrogen and oxygen atoms in total. The molecule has 2 aromatic rings. The van der Waals surface area contributed by atoms with Gasteiger partial charge in [-0.2, -0.15) is 0 Å². The normalized spacial score (nSPS) is 29.7. The lowest BCUT2D eigenvalue weighted by molar-refractivity contribution is -0.141. The van der Waals surface area contributed by atoms with Crippen LogP contribution in [0.5, 0.6) is 5.75 Å². The summed E-state index contributed by atoms with van der Waals surface area (Å²) in [6.07, 6.45) is 7.61. The van der Waals surface area contributed by atoms with Gasteiger partial charge >= 0.3 is 6.09 Å². The predicted octanol–water partition coefficient (Wildman–Crippen LogP) is 4.77. The fourth-order valence-electron chi connectivity index (χ4n) is 8.14. The van der Waals surface area contributed by atoms with Crippen LogP contribution in [0.1, 0.15) is 103 Å². The molecule has 55 heavy (non-hydrogen) atoms. The Morgan fingerprint density at radius 1 is 1.07 bits per heavy atom. The first kappa shape index (κ1) is 38.9. The molecule has 7 rings (SSSR count). The molecule has 2 saturated carbocycles. The summed E-state index contributed by atoms with van der Waals surface area (Å²) < 4.78 is 68.3. The molecule has 16 heteroatoms. The van der Waals surface area contributed by atoms with Crippen LogP contribution in [0.25, 0.3) is 10.9 Å². The number of nitrogens with zero attached hydrogens (tertiary/aromatic N) is 2. The number of carbonyl (C=O) groups excluding carboxylic acids is 4. The number of nitrogens with one attached hydrogen (secondary N) is 3. The Bertz CT molecular complexity index is 2100. The molecule has 3 fully saturated rings. The first-order chi connectivity index (χ1) is 25.8. The van der Waals surface area contributed by atoms with Gasteiger partial charge in [0.15, 0.2) is 11.6 Å². The fourth-order valence-corrected chi connectivity index (χ4v) is 9.45. The highest BCUT2D eigenvalue weighted by Gasteiger charge is 2.64. The van der Waals surface area contributed by atoms with Crippen molar-refractivity contribution < 1.29 is 45.9 Å². The summed E-state index contributed by atoms with van der Waals surface area (Å²) in [7, 11) is -4.03. The number of pyridine rings is 1. The monoisotopic (exact) mass is 785 g/mol. The Kier molecular flexibility index (Phi) is 9.69. The van der Waals surface area contributed by atoms with E-state index in [9.17, 15) is 36.4 Å². The van der Waals surface area contributed by atoms with E-state index in [1.54, 1.807) is 34.6 Å². The second kappa shape index (κ2) is 13.7. The Morgan fingerprint density at radius 2 is 1.80 bits per heavy atom. The number of sulfonamides is 1. The molecule has 0 bridgehead atoms. The predicted molar refractivity (Wildman–Crippen MR) is 197 cm³/mol. The highest BCUT2D eigenvalue weighted by Crippen LogP contribution is 2.49. The number of fused-ring (bicyclic) bond motifs is 5. The van der Waals surface area contributed by atoms with Crippen molar-refractivity contribution in [3.05, 3.63) is 47.2 Å². The number of allylic oxidation sites excluding steroid dienone is 1. The van der Waals surface area contributed by atoms with Crippen molar-refractivity contribution in [3.63, 3.8) is 0 Å². The van der Waals surface area contributed by atoms with Crippen LogP contribution >= 0.6 is 0 Å². The summed E-state index contributed by atoms with van der Waals surface area (Å²) in [6.45, 7) is 8.31. The first-order valence-corrected chi connectivity index (χ1v) is 20.6. The number of alkyl carbamates (subject to hydrolysis) is 1. The van der Waals surface area contributed by atoms with Gasteiger partial charge in [-0.15, -0.1) is 0 Å². The fraction of sp³-hybridized carbons (Fsp3) is 0.615. The lowest BCUT2D eigenvalue weighted by Crippen LogP contribution is -2.58. The number of ether oxygens (including phenoxy) is 2. The zero-order valence-electron chi connectivity index (χ0n) is 31.9. The number of halogens is 2. The molecule has 298 valence electrons. The number of rotatable bonds is 4. The summed E-state index contributed by atoms with van der Waals surface area (Å²) in [5.74, 6) is -4.21. The van der Waals surface area contributed by atoms with Crippen molar-refractivity contribution in [2.45, 2.75) is 139 Å². The number of amides is 4. The van der Waals surface area contributed by atoms with E-state index in [1.807, 2.05) is 12.2 Å². The van der Waals surface area contributed by atoms with E-state index in [4.69, 9.17) is 9.47 Å². The largest absolute Gasteiger partial charge is 0.483 e. The molecule has 3 aliphatic heterocycles. The molecule has 3 N–H and O–H groups in total. The van der Waals surface area contributed by atoms with Gasteiger partial charge in [-0.3, -0.25) is 19.1 Å². The van der Waals surface area contributed by atoms with Crippen LogP contribution in [-0.2, 0) is 35.6 Å². The number of benzene rings is 1. The Balaban J connectivity index is 1.24. The molecule has 1 spiro atoms. The van der Waals surface area contributed by atoms with Crippen molar-refractivity contribution >= 4 is 44.7 Å². The summed E-state index contributed by atoms with van der Waals surface area (Å²) in [4.78, 5) is 62.1. The maximum Gasteiger partial charge on any atom is 0.408 e. The van der Waals surface area contributed by atoms with Crippen molar-refractivity contribution in [3.8, 4) is 5.75 Å². The van der Waals surface area contributed by atoms with Gasteiger partial charge in [0.25, 0.3) is 5.91 Å². The summed E-state index contributed by atoms with van der Waals surface area (Å²) >= 11 is 0. The van der Waals surface area contributed by atoms with Gasteiger partial charge in [0.05, 0.1) is 22.5 Å². The molecule has 0 radical (unpaired) electrons.